The molecule has 1 N–H and O–H groups in total. The summed E-state index contributed by atoms with van der Waals surface area (Å²) in [6, 6.07) is 5.84. The fourth-order valence-corrected chi connectivity index (χ4v) is 6.72. The Balaban J connectivity index is 1.21. The number of piperidine rings is 2. The van der Waals surface area contributed by atoms with Gasteiger partial charge in [0.2, 0.25) is 5.91 Å². The Kier molecular flexibility index (Phi) is 9.10. The predicted molar refractivity (Wildman–Crippen MR) is 134 cm³/mol. The van der Waals surface area contributed by atoms with Crippen molar-refractivity contribution in [2.75, 3.05) is 59.2 Å². The van der Waals surface area contributed by atoms with Crippen molar-refractivity contribution in [3.05, 3.63) is 23.8 Å². The van der Waals surface area contributed by atoms with Crippen LogP contribution in [-0.2, 0) is 30.9 Å². The monoisotopic (exact) mass is 525 g/mol. The maximum Gasteiger partial charge on any atom is 0.281 e. The van der Waals surface area contributed by atoms with Crippen molar-refractivity contribution in [1.82, 2.24) is 13.9 Å². The van der Waals surface area contributed by atoms with E-state index in [1.807, 2.05) is 32.0 Å². The standard InChI is InChI=1S/C25H39N3O7S/c1-3-32-22-6-5-20(19-23(22)33-4-2)7-12-26-24(29)21-8-13-27(14-9-21)36(30,31)28-15-10-25(11-16-28)34-17-18-35-25/h5-6,19,21H,3-4,7-18H2,1-2H3,(H,26,29). The van der Waals surface area contributed by atoms with E-state index in [4.69, 9.17) is 18.9 Å². The molecule has 1 aromatic rings. The van der Waals surface area contributed by atoms with Gasteiger partial charge in [-0.1, -0.05) is 6.07 Å². The molecule has 3 saturated heterocycles. The molecule has 202 valence electrons. The van der Waals surface area contributed by atoms with E-state index >= 15 is 0 Å². The number of hydrogen-bond donors (Lipinski definition) is 1. The summed E-state index contributed by atoms with van der Waals surface area (Å²) in [6.45, 7) is 8.11. The van der Waals surface area contributed by atoms with E-state index in [9.17, 15) is 13.2 Å². The Hall–Kier alpha value is -1.92. The van der Waals surface area contributed by atoms with Gasteiger partial charge < -0.3 is 24.3 Å². The zero-order valence-corrected chi connectivity index (χ0v) is 22.2. The second kappa shape index (κ2) is 12.1. The normalized spacial score (nSPS) is 21.5. The SMILES string of the molecule is CCOc1ccc(CCNC(=O)C2CCN(S(=O)(=O)N3CCC4(CC3)OCCO4)CC2)cc1OCC. The quantitative estimate of drug-likeness (QED) is 0.498. The number of carbonyl (C=O) groups excluding carboxylic acids is 1. The van der Waals surface area contributed by atoms with Gasteiger partial charge in [0.25, 0.3) is 10.2 Å². The molecular formula is C25H39N3O7S. The van der Waals surface area contributed by atoms with Crippen LogP contribution in [-0.4, -0.2) is 87.9 Å². The lowest BCUT2D eigenvalue weighted by molar-refractivity contribution is -0.179. The van der Waals surface area contributed by atoms with Crippen molar-refractivity contribution in [3.63, 3.8) is 0 Å². The largest absolute Gasteiger partial charge is 0.490 e. The molecular weight excluding hydrogens is 486 g/mol. The lowest BCUT2D eigenvalue weighted by atomic mass is 9.97. The van der Waals surface area contributed by atoms with E-state index in [1.54, 1.807) is 0 Å². The molecule has 0 atom stereocenters. The predicted octanol–water partition coefficient (Wildman–Crippen LogP) is 1.94. The minimum Gasteiger partial charge on any atom is -0.490 e. The highest BCUT2D eigenvalue weighted by Gasteiger charge is 2.44. The summed E-state index contributed by atoms with van der Waals surface area (Å²) in [7, 11) is -3.55. The van der Waals surface area contributed by atoms with Crippen LogP contribution in [0.25, 0.3) is 0 Å². The Labute approximate surface area is 214 Å². The minimum absolute atomic E-state index is 0.0153. The van der Waals surface area contributed by atoms with Gasteiger partial charge in [-0.2, -0.15) is 17.0 Å². The molecule has 0 aromatic heterocycles. The van der Waals surface area contributed by atoms with Gasteiger partial charge in [-0.25, -0.2) is 0 Å². The lowest BCUT2D eigenvalue weighted by Crippen LogP contribution is -2.53. The number of nitrogens with zero attached hydrogens (tertiary/aromatic N) is 2. The summed E-state index contributed by atoms with van der Waals surface area (Å²) >= 11 is 0. The van der Waals surface area contributed by atoms with Crippen LogP contribution >= 0.6 is 0 Å². The van der Waals surface area contributed by atoms with E-state index in [0.29, 0.717) is 97.0 Å². The van der Waals surface area contributed by atoms with Crippen molar-refractivity contribution >= 4 is 16.1 Å². The third-order valence-electron chi connectivity index (χ3n) is 7.10. The summed E-state index contributed by atoms with van der Waals surface area (Å²) in [5, 5.41) is 3.02. The lowest BCUT2D eigenvalue weighted by Gasteiger charge is -2.40. The molecule has 3 aliphatic rings. The highest BCUT2D eigenvalue weighted by Crippen LogP contribution is 2.33. The molecule has 4 rings (SSSR count). The Morgan fingerprint density at radius 1 is 1.00 bits per heavy atom. The van der Waals surface area contributed by atoms with Gasteiger partial charge in [-0.15, -0.1) is 0 Å². The topological polar surface area (TPSA) is 107 Å². The number of nitrogens with one attached hydrogen (secondary N) is 1. The van der Waals surface area contributed by atoms with Crippen molar-refractivity contribution in [2.45, 2.75) is 51.7 Å². The third-order valence-corrected chi connectivity index (χ3v) is 9.13. The first kappa shape index (κ1) is 27.1. The molecule has 3 fully saturated rings. The molecule has 0 saturated carbocycles. The van der Waals surface area contributed by atoms with Gasteiger partial charge in [0.15, 0.2) is 17.3 Å². The summed E-state index contributed by atoms with van der Waals surface area (Å²) in [5.74, 6) is 0.633. The number of rotatable bonds is 10. The maximum atomic E-state index is 13.1. The highest BCUT2D eigenvalue weighted by atomic mass is 32.2. The summed E-state index contributed by atoms with van der Waals surface area (Å²) in [4.78, 5) is 12.7. The third kappa shape index (κ3) is 6.31. The van der Waals surface area contributed by atoms with E-state index < -0.39 is 16.0 Å². The molecule has 3 aliphatic heterocycles. The number of carbonyl (C=O) groups is 1. The molecule has 0 aliphatic carbocycles. The van der Waals surface area contributed by atoms with E-state index in [2.05, 4.69) is 5.32 Å². The van der Waals surface area contributed by atoms with Crippen LogP contribution in [0.5, 0.6) is 11.5 Å². The van der Waals surface area contributed by atoms with Crippen LogP contribution in [0.4, 0.5) is 0 Å². The Bertz CT molecular complexity index is 979. The highest BCUT2D eigenvalue weighted by molar-refractivity contribution is 7.86. The summed E-state index contributed by atoms with van der Waals surface area (Å²) < 4.78 is 52.0. The molecule has 0 unspecified atom stereocenters. The van der Waals surface area contributed by atoms with Crippen molar-refractivity contribution in [3.8, 4) is 11.5 Å². The van der Waals surface area contributed by atoms with Crippen LogP contribution in [0.3, 0.4) is 0 Å². The van der Waals surface area contributed by atoms with E-state index in [0.717, 1.165) is 11.3 Å². The van der Waals surface area contributed by atoms with Gasteiger partial charge in [0.1, 0.15) is 0 Å². The minimum atomic E-state index is -3.55. The van der Waals surface area contributed by atoms with Crippen LogP contribution in [0.1, 0.15) is 45.1 Å². The maximum absolute atomic E-state index is 13.1. The fraction of sp³-hybridized carbons (Fsp3) is 0.720. The molecule has 10 nitrogen and oxygen atoms in total. The Morgan fingerprint density at radius 2 is 1.61 bits per heavy atom. The zero-order chi connectivity index (χ0) is 25.6. The average Bonchev–Trinajstić information content (AvgIpc) is 3.33. The molecule has 1 aromatic carbocycles. The van der Waals surface area contributed by atoms with Crippen LogP contribution in [0.15, 0.2) is 18.2 Å². The second-order valence-corrected chi connectivity index (χ2v) is 11.3. The Morgan fingerprint density at radius 3 is 2.25 bits per heavy atom. The molecule has 0 radical (unpaired) electrons. The number of benzene rings is 1. The van der Waals surface area contributed by atoms with Gasteiger partial charge in [0.05, 0.1) is 26.4 Å². The van der Waals surface area contributed by atoms with Gasteiger partial charge in [0, 0.05) is 51.5 Å². The first-order valence-corrected chi connectivity index (χ1v) is 14.5. The summed E-state index contributed by atoms with van der Waals surface area (Å²) in [5.41, 5.74) is 1.06. The molecule has 1 spiro atoms. The first-order valence-electron chi connectivity index (χ1n) is 13.1. The van der Waals surface area contributed by atoms with Crippen molar-refractivity contribution in [1.29, 1.82) is 0 Å². The fourth-order valence-electron chi connectivity index (χ4n) is 5.08. The number of ether oxygens (including phenoxy) is 4. The van der Waals surface area contributed by atoms with Crippen LogP contribution in [0, 0.1) is 5.92 Å². The van der Waals surface area contributed by atoms with Crippen molar-refractivity contribution < 1.29 is 32.2 Å². The molecule has 11 heteroatoms. The second-order valence-electron chi connectivity index (χ2n) is 9.38. The van der Waals surface area contributed by atoms with Crippen molar-refractivity contribution in [2.24, 2.45) is 5.92 Å². The number of amides is 1. The van der Waals surface area contributed by atoms with Gasteiger partial charge in [-0.3, -0.25) is 4.79 Å². The molecule has 0 bridgehead atoms. The van der Waals surface area contributed by atoms with E-state index in [1.165, 1.54) is 8.61 Å². The van der Waals surface area contributed by atoms with Gasteiger partial charge >= 0.3 is 0 Å². The smallest absolute Gasteiger partial charge is 0.281 e. The van der Waals surface area contributed by atoms with Crippen LogP contribution < -0.4 is 14.8 Å². The first-order chi connectivity index (χ1) is 17.4. The number of hydrogen-bond acceptors (Lipinski definition) is 7. The average molecular weight is 526 g/mol. The zero-order valence-electron chi connectivity index (χ0n) is 21.4. The molecule has 1 amide bonds. The molecule has 3 heterocycles. The summed E-state index contributed by atoms with van der Waals surface area (Å²) in [6.07, 6.45) is 2.81. The van der Waals surface area contributed by atoms with Crippen LogP contribution in [0.2, 0.25) is 0 Å². The van der Waals surface area contributed by atoms with Gasteiger partial charge in [-0.05, 0) is 50.8 Å². The molecule has 36 heavy (non-hydrogen) atoms. The van der Waals surface area contributed by atoms with E-state index in [-0.39, 0.29) is 11.8 Å².